The van der Waals surface area contributed by atoms with E-state index in [4.69, 9.17) is 10.8 Å². The van der Waals surface area contributed by atoms with Gasteiger partial charge in [-0.3, -0.25) is 81.5 Å². The molecule has 4 aromatic rings. The number of carboxylic acids is 4. The summed E-state index contributed by atoms with van der Waals surface area (Å²) >= 11 is 16.6. The van der Waals surface area contributed by atoms with Crippen LogP contribution in [0, 0.1) is 0 Å². The van der Waals surface area contributed by atoms with Crippen LogP contribution >= 0.6 is 50.5 Å². The Bertz CT molecular complexity index is 4280. The zero-order valence-electron chi connectivity index (χ0n) is 63.9. The molecule has 0 radical (unpaired) electrons. The predicted octanol–water partition coefficient (Wildman–Crippen LogP) is -5.67. The van der Waals surface area contributed by atoms with E-state index in [1.807, 2.05) is 5.32 Å². The first-order valence-electron chi connectivity index (χ1n) is 37.3. The average molecular weight is 1720 g/mol. The van der Waals surface area contributed by atoms with Crippen LogP contribution in [0.15, 0.2) is 91.1 Å². The molecular formula is C74H98N16O24S4. The Labute approximate surface area is 697 Å². The van der Waals surface area contributed by atoms with Crippen LogP contribution in [0.2, 0.25) is 0 Å². The van der Waals surface area contributed by atoms with Crippen molar-refractivity contribution in [2.24, 2.45) is 5.73 Å². The van der Waals surface area contributed by atoms with Gasteiger partial charge in [0.1, 0.15) is 78.5 Å². The molecule has 642 valence electrons. The van der Waals surface area contributed by atoms with Gasteiger partial charge < -0.3 is 115 Å². The Hall–Kier alpha value is -11.1. The van der Waals surface area contributed by atoms with Gasteiger partial charge in [-0.2, -0.15) is 50.5 Å². The van der Waals surface area contributed by atoms with Crippen molar-refractivity contribution < 1.29 is 117 Å². The minimum atomic E-state index is -2.05. The van der Waals surface area contributed by atoms with Crippen molar-refractivity contribution in [3.05, 3.63) is 108 Å². The van der Waals surface area contributed by atoms with Gasteiger partial charge >= 0.3 is 23.9 Å². The number of hydrogen-bond acceptors (Lipinski definition) is 25. The topological polar surface area (TPSA) is 621 Å². The second-order valence-corrected chi connectivity index (χ2v) is 29.4. The number of para-hydroxylation sites is 1. The predicted molar refractivity (Wildman–Crippen MR) is 432 cm³/mol. The SMILES string of the molecule is C[C@@H](O)[C@H](NC(=O)[C@H](Cc1c[nH]c2ccccc12)NC(=O)[C@@H]1CCCN1C(=O)CNC(=O)[C@H](CCC(=O)O)NC(=O)[C@@H]1CCCN1C(=O)[C@H](CS)NC(=O)[C@H](Cc1ccccc1)NC(=O)[C@@H](NC(=O)[C@@H](N)CS)[C@@H](C)O)C(=O)N[C@@H](Cc1ccccc1)C(=O)N[C@@H](CS)C(=O)N[C@@H](CS)C(=O)N[C@@H](CC(=O)O)C(=O)N[C@@H](CC(=O)O)C(=O)O. The molecule has 1 aromatic heterocycles. The minimum absolute atomic E-state index is 0.0120. The van der Waals surface area contributed by atoms with Gasteiger partial charge in [0, 0.05) is 78.9 Å². The highest BCUT2D eigenvalue weighted by Crippen LogP contribution is 2.24. The molecule has 14 amide bonds. The fourth-order valence-corrected chi connectivity index (χ4v) is 13.7. The molecule has 0 saturated carbocycles. The van der Waals surface area contributed by atoms with Crippen molar-refractivity contribution in [1.82, 2.24) is 78.6 Å². The maximum Gasteiger partial charge on any atom is 0.326 e. The number of nitrogens with zero attached hydrogens (tertiary/aromatic N) is 2. The van der Waals surface area contributed by atoms with Crippen LogP contribution in [0.1, 0.15) is 81.9 Å². The van der Waals surface area contributed by atoms with Crippen molar-refractivity contribution in [1.29, 1.82) is 0 Å². The maximum absolute atomic E-state index is 14.8. The van der Waals surface area contributed by atoms with E-state index >= 15 is 0 Å². The largest absolute Gasteiger partial charge is 0.481 e. The van der Waals surface area contributed by atoms with E-state index in [1.54, 1.807) is 91.1 Å². The molecule has 2 aliphatic rings. The number of aromatic amines is 1. The maximum atomic E-state index is 14.8. The number of thiol groups is 4. The number of rotatable bonds is 46. The quantitative estimate of drug-likeness (QED) is 0.0183. The number of benzene rings is 3. The molecule has 0 unspecified atom stereocenters. The van der Waals surface area contributed by atoms with Gasteiger partial charge in [0.25, 0.3) is 0 Å². The number of aliphatic hydroxyl groups is 2. The molecule has 6 rings (SSSR count). The van der Waals surface area contributed by atoms with Crippen molar-refractivity contribution in [3.63, 3.8) is 0 Å². The number of likely N-dealkylation sites (tertiary alicyclic amines) is 2. The molecule has 3 heterocycles. The summed E-state index contributed by atoms with van der Waals surface area (Å²) in [6.45, 7) is 1.44. The fourth-order valence-electron chi connectivity index (χ4n) is 12.8. The number of hydrogen-bond donors (Lipinski definition) is 24. The molecule has 44 heteroatoms. The molecule has 2 saturated heterocycles. The first kappa shape index (κ1) is 95.8. The molecule has 2 fully saturated rings. The van der Waals surface area contributed by atoms with E-state index < -0.39 is 247 Å². The highest BCUT2D eigenvalue weighted by atomic mass is 32.1. The summed E-state index contributed by atoms with van der Waals surface area (Å²) in [4.78, 5) is 248. The van der Waals surface area contributed by atoms with Crippen molar-refractivity contribution >= 4 is 168 Å². The number of nitrogens with one attached hydrogen (secondary N) is 13. The highest BCUT2D eigenvalue weighted by molar-refractivity contribution is 7.80. The summed E-state index contributed by atoms with van der Waals surface area (Å²) < 4.78 is 0. The molecule has 16 atom stereocenters. The third-order valence-corrected chi connectivity index (χ3v) is 20.6. The van der Waals surface area contributed by atoms with E-state index in [0.29, 0.717) is 27.6 Å². The van der Waals surface area contributed by atoms with E-state index in [-0.39, 0.29) is 69.5 Å². The second-order valence-electron chi connectivity index (χ2n) is 27.9. The van der Waals surface area contributed by atoms with Gasteiger partial charge in [-0.25, -0.2) is 4.79 Å². The first-order valence-corrected chi connectivity index (χ1v) is 39.8. The lowest BCUT2D eigenvalue weighted by Gasteiger charge is -2.30. The molecule has 0 spiro atoms. The lowest BCUT2D eigenvalue weighted by molar-refractivity contribution is -0.148. The van der Waals surface area contributed by atoms with Gasteiger partial charge in [0.2, 0.25) is 82.7 Å². The summed E-state index contributed by atoms with van der Waals surface area (Å²) in [5.74, 6) is -22.2. The summed E-state index contributed by atoms with van der Waals surface area (Å²) in [6, 6.07) is 0.836. The molecule has 118 heavy (non-hydrogen) atoms. The van der Waals surface area contributed by atoms with Gasteiger partial charge in [0.15, 0.2) is 0 Å². The Morgan fingerprint density at radius 2 is 0.847 bits per heavy atom. The lowest BCUT2D eigenvalue weighted by Crippen LogP contribution is -2.62. The van der Waals surface area contributed by atoms with Crippen molar-refractivity contribution in [3.8, 4) is 0 Å². The Kier molecular flexibility index (Phi) is 38.0. The molecule has 2 aliphatic heterocycles. The Morgan fingerprint density at radius 3 is 1.33 bits per heavy atom. The number of aromatic nitrogens is 1. The third kappa shape index (κ3) is 28.6. The minimum Gasteiger partial charge on any atom is -0.481 e. The molecule has 0 bridgehead atoms. The van der Waals surface area contributed by atoms with Crippen molar-refractivity contribution in [2.75, 3.05) is 42.6 Å². The van der Waals surface area contributed by atoms with Crippen LogP contribution in [-0.4, -0.2) is 291 Å². The zero-order chi connectivity index (χ0) is 87.2. The van der Waals surface area contributed by atoms with Crippen LogP contribution in [0.25, 0.3) is 10.9 Å². The van der Waals surface area contributed by atoms with Gasteiger partial charge in [-0.05, 0) is 68.7 Å². The van der Waals surface area contributed by atoms with Gasteiger partial charge in [0.05, 0.1) is 37.6 Å². The number of amides is 14. The first-order chi connectivity index (χ1) is 56.0. The van der Waals surface area contributed by atoms with Crippen LogP contribution in [0.5, 0.6) is 0 Å². The monoisotopic (exact) mass is 1720 g/mol. The fraction of sp³-hybridized carbons (Fsp3) is 0.486. The second kappa shape index (κ2) is 46.8. The van der Waals surface area contributed by atoms with Gasteiger partial charge in [-0.15, -0.1) is 0 Å². The molecular weight excluding hydrogens is 1630 g/mol. The Balaban J connectivity index is 1.14. The Morgan fingerprint density at radius 1 is 0.441 bits per heavy atom. The van der Waals surface area contributed by atoms with Crippen LogP contribution in [0.4, 0.5) is 0 Å². The molecule has 0 aliphatic carbocycles. The smallest absolute Gasteiger partial charge is 0.326 e. The average Bonchev–Trinajstić information content (AvgIpc) is 1.62. The van der Waals surface area contributed by atoms with Crippen molar-refractivity contribution in [2.45, 2.75) is 181 Å². The number of nitrogens with two attached hydrogens (primary N) is 1. The molecule has 40 nitrogen and oxygen atoms in total. The molecule has 3 aromatic carbocycles. The summed E-state index contributed by atoms with van der Waals surface area (Å²) in [7, 11) is 0. The zero-order valence-corrected chi connectivity index (χ0v) is 67.5. The number of carbonyl (C=O) groups excluding carboxylic acids is 14. The normalized spacial score (nSPS) is 17.3. The van der Waals surface area contributed by atoms with Crippen LogP contribution in [0.3, 0.4) is 0 Å². The highest BCUT2D eigenvalue weighted by Gasteiger charge is 2.43. The lowest BCUT2D eigenvalue weighted by atomic mass is 10.0. The van der Waals surface area contributed by atoms with E-state index in [2.05, 4.69) is 114 Å². The summed E-state index contributed by atoms with van der Waals surface area (Å²) in [5.41, 5.74) is 7.86. The van der Waals surface area contributed by atoms with E-state index in [1.165, 1.54) is 6.92 Å². The van der Waals surface area contributed by atoms with Crippen LogP contribution in [-0.2, 0) is 106 Å². The van der Waals surface area contributed by atoms with E-state index in [9.17, 15) is 112 Å². The number of carbonyl (C=O) groups is 18. The molecule has 21 N–H and O–H groups in total. The number of carboxylic acid groups (broad SMARTS) is 4. The number of fused-ring (bicyclic) bond motifs is 1. The third-order valence-electron chi connectivity index (χ3n) is 19.1. The number of H-pyrrole nitrogens is 1. The number of aliphatic carboxylic acids is 4. The number of aliphatic hydroxyl groups excluding tert-OH is 2. The standard InChI is InChI=1S/C74H98N16O24S4/c1-36(91)59(87-61(100)42(75)32-115)71(110)82-46(26-39-15-7-4-8-16-39)64(103)86-52(35-118)73(112)90-24-12-20-54(90)70(109)78-44(21-22-56(94)95)62(101)77-31-55(93)89-23-11-19-53(89)69(108)80-47(27-40-30-76-43-18-10-9-17-41(40)43)66(105)88-60(37(2)92)72(111)81-45(25-38-13-5-3-6-14-38)63(102)84-51(34-117)68(107)85-50(33-116)67(106)79-48(28-57(96)97)65(104)83-49(74(113)114)29-58(98)99/h3-10,13-18,30,36-37,42,44-54,59-60,76,91-92,115-118H,11-12,19-29,31-35,75H2,1-2H3,(H,77,101)(H,78,109)(H,79,106)(H,80,108)(H,81,111)(H,82,110)(H,83,104)(H,84,102)(H,85,107)(H,86,103)(H,87,100)(H,88,105)(H,94,95)(H,96,97)(H,98,99)(H,113,114)/t36-,37-,42+,44+,45+,46+,47+,48+,49+,50+,51+,52+,53+,54+,59+,60+/m1/s1. The van der Waals surface area contributed by atoms with Crippen LogP contribution < -0.4 is 69.5 Å². The summed E-state index contributed by atoms with van der Waals surface area (Å²) in [5, 5.41) is 88.8. The van der Waals surface area contributed by atoms with Gasteiger partial charge in [-0.1, -0.05) is 78.9 Å². The summed E-state index contributed by atoms with van der Waals surface area (Å²) in [6.07, 6.45) is -5.39. The van der Waals surface area contributed by atoms with E-state index in [0.717, 1.165) is 16.7 Å².